The Morgan fingerprint density at radius 2 is 1.61 bits per heavy atom. The number of fused-ring (bicyclic) bond motifs is 6. The fraction of sp³-hybridized carbons (Fsp3) is 0.306. The zero-order valence-corrected chi connectivity index (χ0v) is 25.8. The molecule has 2 saturated carbocycles. The number of halogens is 1. The van der Waals surface area contributed by atoms with E-state index in [0.29, 0.717) is 58.1 Å². The molecule has 5 atom stereocenters. The van der Waals surface area contributed by atoms with E-state index in [9.17, 15) is 19.2 Å². The van der Waals surface area contributed by atoms with Crippen LogP contribution in [0.5, 0.6) is 0 Å². The summed E-state index contributed by atoms with van der Waals surface area (Å²) in [6, 6.07) is 23.2. The number of anilines is 1. The van der Waals surface area contributed by atoms with Gasteiger partial charge in [-0.15, -0.1) is 0 Å². The fourth-order valence-electron chi connectivity index (χ4n) is 7.45. The molecular formula is C36H31BrN2O5. The second-order valence-corrected chi connectivity index (χ2v) is 13.0. The van der Waals surface area contributed by atoms with Crippen LogP contribution in [0.3, 0.4) is 0 Å². The van der Waals surface area contributed by atoms with E-state index in [1.807, 2.05) is 43.3 Å². The van der Waals surface area contributed by atoms with Crippen LogP contribution in [0, 0.1) is 23.7 Å². The molecule has 2 bridgehead atoms. The maximum Gasteiger partial charge on any atom is 0.339 e. The predicted molar refractivity (Wildman–Crippen MR) is 170 cm³/mol. The number of carbonyl (C=O) groups is 4. The van der Waals surface area contributed by atoms with Crippen LogP contribution in [0.4, 0.5) is 5.69 Å². The molecule has 0 spiro atoms. The number of rotatable bonds is 8. The molecule has 3 aromatic carbocycles. The molecule has 8 heteroatoms. The van der Waals surface area contributed by atoms with Crippen LogP contribution in [0.2, 0.25) is 0 Å². The lowest BCUT2D eigenvalue weighted by Gasteiger charge is -2.19. The number of aromatic nitrogens is 1. The van der Waals surface area contributed by atoms with Gasteiger partial charge in [0.25, 0.3) is 0 Å². The van der Waals surface area contributed by atoms with Crippen molar-refractivity contribution in [3.8, 4) is 11.3 Å². The highest BCUT2D eigenvalue weighted by Crippen LogP contribution is 2.56. The zero-order valence-electron chi connectivity index (χ0n) is 24.2. The highest BCUT2D eigenvalue weighted by atomic mass is 79.9. The van der Waals surface area contributed by atoms with Crippen LogP contribution in [-0.2, 0) is 14.3 Å². The van der Waals surface area contributed by atoms with Crippen molar-refractivity contribution in [1.82, 2.24) is 4.98 Å². The van der Waals surface area contributed by atoms with Gasteiger partial charge in [-0.05, 0) is 73.9 Å². The highest BCUT2D eigenvalue weighted by molar-refractivity contribution is 9.10. The number of Topliss-reactive ketones (excluding diaryl/α,β-unsaturated/α-hetero) is 1. The second-order valence-electron chi connectivity index (χ2n) is 12.1. The normalized spacial score (nSPS) is 22.8. The molecule has 1 aliphatic heterocycles. The van der Waals surface area contributed by atoms with Gasteiger partial charge in [0.2, 0.25) is 17.6 Å². The molecule has 3 fully saturated rings. The van der Waals surface area contributed by atoms with Crippen molar-refractivity contribution in [2.45, 2.75) is 45.1 Å². The molecule has 2 aliphatic carbocycles. The van der Waals surface area contributed by atoms with Crippen molar-refractivity contribution in [3.05, 3.63) is 94.5 Å². The van der Waals surface area contributed by atoms with Crippen LogP contribution < -0.4 is 4.90 Å². The highest BCUT2D eigenvalue weighted by Gasteiger charge is 2.61. The standard InChI is InChI=1S/C36H31BrN2O5/c1-2-6-30(33(40)21-7-4-3-5-8-21)44-36(43)27-19-29(38-28-16-13-24(37)18-26(27)28)20-11-14-25(15-12-20)39-34(41)31-22-9-10-23(17-22)32(31)35(39)42/h3-5,7-8,11-16,18-19,22-23,30-32H,2,6,9-10,17H2,1H3. The summed E-state index contributed by atoms with van der Waals surface area (Å²) in [5, 5.41) is 0.599. The van der Waals surface area contributed by atoms with Crippen LogP contribution >= 0.6 is 15.9 Å². The van der Waals surface area contributed by atoms with Crippen molar-refractivity contribution >= 4 is 56.1 Å². The lowest BCUT2D eigenvalue weighted by molar-refractivity contribution is -0.123. The summed E-state index contributed by atoms with van der Waals surface area (Å²) in [5.74, 6) is -0.708. The SMILES string of the molecule is CCCC(OC(=O)c1cc(-c2ccc(N3C(=O)C4C5CCC(C5)C4C3=O)cc2)nc2ccc(Br)cc12)C(=O)c1ccccc1. The summed E-state index contributed by atoms with van der Waals surface area (Å²) in [6.45, 7) is 1.94. The van der Waals surface area contributed by atoms with Crippen molar-refractivity contribution in [2.75, 3.05) is 4.90 Å². The topological polar surface area (TPSA) is 93.6 Å². The Morgan fingerprint density at radius 3 is 2.27 bits per heavy atom. The summed E-state index contributed by atoms with van der Waals surface area (Å²) in [4.78, 5) is 59.8. The third-order valence-electron chi connectivity index (χ3n) is 9.49. The summed E-state index contributed by atoms with van der Waals surface area (Å²) in [6.07, 6.45) is 3.21. The molecule has 7 rings (SSSR count). The molecule has 222 valence electrons. The molecular weight excluding hydrogens is 620 g/mol. The van der Waals surface area contributed by atoms with Gasteiger partial charge in [-0.1, -0.05) is 71.7 Å². The maximum absolute atomic E-state index is 13.7. The summed E-state index contributed by atoms with van der Waals surface area (Å²) < 4.78 is 6.67. The summed E-state index contributed by atoms with van der Waals surface area (Å²) in [5.41, 5.74) is 3.20. The quantitative estimate of drug-likeness (QED) is 0.112. The third-order valence-corrected chi connectivity index (χ3v) is 9.98. The Labute approximate surface area is 263 Å². The number of imide groups is 1. The molecule has 0 N–H and O–H groups in total. The minimum atomic E-state index is -0.918. The number of pyridine rings is 1. The molecule has 3 aliphatic rings. The van der Waals surface area contributed by atoms with E-state index in [2.05, 4.69) is 15.9 Å². The molecule has 7 nitrogen and oxygen atoms in total. The summed E-state index contributed by atoms with van der Waals surface area (Å²) >= 11 is 3.49. The largest absolute Gasteiger partial charge is 0.450 e. The minimum Gasteiger partial charge on any atom is -0.450 e. The average molecular weight is 652 g/mol. The monoisotopic (exact) mass is 650 g/mol. The minimum absolute atomic E-state index is 0.0777. The van der Waals surface area contributed by atoms with E-state index in [-0.39, 0.29) is 29.4 Å². The van der Waals surface area contributed by atoms with E-state index in [4.69, 9.17) is 9.72 Å². The number of nitrogens with zero attached hydrogens (tertiary/aromatic N) is 2. The van der Waals surface area contributed by atoms with E-state index in [0.717, 1.165) is 29.3 Å². The predicted octanol–water partition coefficient (Wildman–Crippen LogP) is 7.41. The Morgan fingerprint density at radius 1 is 0.932 bits per heavy atom. The van der Waals surface area contributed by atoms with Crippen LogP contribution in [0.25, 0.3) is 22.2 Å². The first-order valence-corrected chi connectivity index (χ1v) is 16.0. The lowest BCUT2D eigenvalue weighted by atomic mass is 9.81. The Kier molecular flexibility index (Phi) is 7.41. The van der Waals surface area contributed by atoms with Gasteiger partial charge in [-0.2, -0.15) is 0 Å². The Hall–Kier alpha value is -4.17. The van der Waals surface area contributed by atoms with Crippen molar-refractivity contribution in [2.24, 2.45) is 23.7 Å². The maximum atomic E-state index is 13.7. The Bertz CT molecular complexity index is 1780. The third kappa shape index (κ3) is 4.85. The first kappa shape index (κ1) is 28.6. The van der Waals surface area contributed by atoms with Crippen molar-refractivity contribution < 1.29 is 23.9 Å². The molecule has 1 saturated heterocycles. The first-order chi connectivity index (χ1) is 21.3. The summed E-state index contributed by atoms with van der Waals surface area (Å²) in [7, 11) is 0. The number of ketones is 1. The van der Waals surface area contributed by atoms with E-state index < -0.39 is 12.1 Å². The van der Waals surface area contributed by atoms with Gasteiger partial charge in [0.15, 0.2) is 6.10 Å². The number of hydrogen-bond donors (Lipinski definition) is 0. The number of hydrogen-bond acceptors (Lipinski definition) is 6. The molecule has 4 aromatic rings. The molecule has 2 amide bonds. The van der Waals surface area contributed by atoms with Gasteiger partial charge in [0.05, 0.1) is 34.3 Å². The van der Waals surface area contributed by atoms with Gasteiger partial charge in [0.1, 0.15) is 0 Å². The van der Waals surface area contributed by atoms with Gasteiger partial charge >= 0.3 is 5.97 Å². The average Bonchev–Trinajstić information content (AvgIpc) is 3.74. The smallest absolute Gasteiger partial charge is 0.339 e. The Balaban J connectivity index is 1.20. The molecule has 5 unspecified atom stereocenters. The van der Waals surface area contributed by atoms with Gasteiger partial charge < -0.3 is 4.74 Å². The number of benzene rings is 3. The molecule has 1 aromatic heterocycles. The molecule has 44 heavy (non-hydrogen) atoms. The number of esters is 1. The number of amides is 2. The first-order valence-electron chi connectivity index (χ1n) is 15.2. The van der Waals surface area contributed by atoms with E-state index in [1.165, 1.54) is 4.90 Å². The lowest BCUT2D eigenvalue weighted by Crippen LogP contribution is -2.32. The molecule has 0 radical (unpaired) electrons. The van der Waals surface area contributed by atoms with Gasteiger partial charge in [-0.25, -0.2) is 9.78 Å². The number of ether oxygens (including phenoxy) is 1. The second kappa shape index (κ2) is 11.4. The van der Waals surface area contributed by atoms with Gasteiger partial charge in [0, 0.05) is 21.0 Å². The van der Waals surface area contributed by atoms with Crippen molar-refractivity contribution in [3.63, 3.8) is 0 Å². The van der Waals surface area contributed by atoms with E-state index >= 15 is 0 Å². The fourth-order valence-corrected chi connectivity index (χ4v) is 7.81. The van der Waals surface area contributed by atoms with Crippen LogP contribution in [0.15, 0.2) is 83.3 Å². The van der Waals surface area contributed by atoms with Crippen LogP contribution in [0.1, 0.15) is 59.7 Å². The van der Waals surface area contributed by atoms with Crippen molar-refractivity contribution in [1.29, 1.82) is 0 Å². The zero-order chi connectivity index (χ0) is 30.5. The number of carbonyl (C=O) groups excluding carboxylic acids is 4. The van der Waals surface area contributed by atoms with Crippen LogP contribution in [-0.4, -0.2) is 34.7 Å². The van der Waals surface area contributed by atoms with Gasteiger partial charge in [-0.3, -0.25) is 19.3 Å². The van der Waals surface area contributed by atoms with E-state index in [1.54, 1.807) is 42.5 Å². The molecule has 2 heterocycles.